The van der Waals surface area contributed by atoms with Crippen LogP contribution in [0, 0.1) is 22.7 Å². The molecule has 5 nitrogen and oxygen atoms in total. The molecule has 2 aromatic carbocycles. The molecule has 0 heterocycles. The van der Waals surface area contributed by atoms with Gasteiger partial charge < -0.3 is 10.1 Å². The van der Waals surface area contributed by atoms with E-state index in [1.807, 2.05) is 6.07 Å². The van der Waals surface area contributed by atoms with E-state index >= 15 is 0 Å². The third kappa shape index (κ3) is 5.53. The Balaban J connectivity index is 2.17. The number of hydrogen-bond donors (Lipinski definition) is 1. The van der Waals surface area contributed by atoms with Gasteiger partial charge in [0.05, 0.1) is 11.1 Å². The zero-order valence-corrected chi connectivity index (χ0v) is 16.7. The van der Waals surface area contributed by atoms with E-state index < -0.39 is 33.2 Å². The lowest BCUT2D eigenvalue weighted by Gasteiger charge is -2.40. The maximum Gasteiger partial charge on any atom is 0.310 e. The largest absolute Gasteiger partial charge is 0.489 e. The van der Waals surface area contributed by atoms with Crippen LogP contribution in [-0.2, 0) is 0 Å². The van der Waals surface area contributed by atoms with Gasteiger partial charge in [-0.3, -0.25) is 4.79 Å². The molecule has 0 saturated heterocycles. The van der Waals surface area contributed by atoms with E-state index in [0.717, 1.165) is 0 Å². The molecule has 1 amide bonds. The van der Waals surface area contributed by atoms with E-state index in [2.05, 4.69) is 5.32 Å². The van der Waals surface area contributed by atoms with Gasteiger partial charge in [-0.05, 0) is 43.3 Å². The van der Waals surface area contributed by atoms with E-state index in [4.69, 9.17) is 21.6 Å². The van der Waals surface area contributed by atoms with Crippen molar-refractivity contribution in [2.24, 2.45) is 0 Å². The highest BCUT2D eigenvalue weighted by atomic mass is 35.5. The Hall–Kier alpha value is -3.02. The molecule has 0 bridgehead atoms. The van der Waals surface area contributed by atoms with Gasteiger partial charge in [0.2, 0.25) is 0 Å². The Labute approximate surface area is 173 Å². The van der Waals surface area contributed by atoms with Gasteiger partial charge in [-0.15, -0.1) is 0 Å². The monoisotopic (exact) mass is 465 g/mol. The van der Waals surface area contributed by atoms with Gasteiger partial charge in [-0.25, -0.2) is 0 Å². The maximum absolute atomic E-state index is 12.8. The summed E-state index contributed by atoms with van der Waals surface area (Å²) in [6.07, 6.45) is 0. The van der Waals surface area contributed by atoms with Crippen LogP contribution >= 0.6 is 21.8 Å². The maximum atomic E-state index is 12.8. The number of ether oxygens (including phenoxy) is 1. The number of carbonyl (C=O) groups is 1. The van der Waals surface area contributed by atoms with Crippen LogP contribution in [0.25, 0.3) is 0 Å². The highest BCUT2D eigenvalue weighted by Crippen LogP contribution is 3.02. The van der Waals surface area contributed by atoms with Gasteiger partial charge >= 0.3 is 10.2 Å². The van der Waals surface area contributed by atoms with Crippen molar-refractivity contribution in [1.82, 2.24) is 5.32 Å². The molecular formula is C18H13ClF5N3O2S. The fourth-order valence-corrected chi connectivity index (χ4v) is 3.10. The van der Waals surface area contributed by atoms with Crippen LogP contribution in [0.5, 0.6) is 5.75 Å². The second-order valence-electron chi connectivity index (χ2n) is 6.40. The molecule has 0 fully saturated rings. The quantitative estimate of drug-likeness (QED) is 0.533. The van der Waals surface area contributed by atoms with Crippen molar-refractivity contribution in [3.8, 4) is 17.9 Å². The van der Waals surface area contributed by atoms with Crippen LogP contribution in [0.4, 0.5) is 19.4 Å². The van der Waals surface area contributed by atoms with Gasteiger partial charge in [0, 0.05) is 5.56 Å². The summed E-state index contributed by atoms with van der Waals surface area (Å²) in [4.78, 5) is 10.1. The van der Waals surface area contributed by atoms with Crippen molar-refractivity contribution in [2.75, 3.05) is 6.61 Å². The van der Waals surface area contributed by atoms with E-state index in [1.165, 1.54) is 25.1 Å². The zero-order chi connectivity index (χ0) is 22.9. The lowest BCUT2D eigenvalue weighted by Crippen LogP contribution is -2.49. The molecule has 2 rings (SSSR count). The van der Waals surface area contributed by atoms with Gasteiger partial charge in [0.1, 0.15) is 28.9 Å². The molecule has 30 heavy (non-hydrogen) atoms. The van der Waals surface area contributed by atoms with Crippen molar-refractivity contribution >= 4 is 27.7 Å². The Morgan fingerprint density at radius 1 is 1.13 bits per heavy atom. The Bertz CT molecular complexity index is 1080. The molecule has 0 radical (unpaired) electrons. The fourth-order valence-electron chi connectivity index (χ4n) is 2.24. The van der Waals surface area contributed by atoms with Crippen LogP contribution in [0.1, 0.15) is 22.8 Å². The third-order valence-electron chi connectivity index (χ3n) is 3.80. The minimum atomic E-state index is -9.86. The molecule has 0 spiro atoms. The zero-order valence-electron chi connectivity index (χ0n) is 15.1. The van der Waals surface area contributed by atoms with E-state index in [1.54, 1.807) is 6.07 Å². The third-order valence-corrected chi connectivity index (χ3v) is 5.28. The molecule has 1 unspecified atom stereocenters. The lowest BCUT2D eigenvalue weighted by molar-refractivity contribution is 0.0901. The summed E-state index contributed by atoms with van der Waals surface area (Å²) in [7, 11) is -9.86. The van der Waals surface area contributed by atoms with E-state index in [9.17, 15) is 29.5 Å². The summed E-state index contributed by atoms with van der Waals surface area (Å²) in [5, 5.41) is 20.9. The summed E-state index contributed by atoms with van der Waals surface area (Å²) >= 11 is 5.87. The topological polar surface area (TPSA) is 85.9 Å². The Morgan fingerprint density at radius 2 is 1.73 bits per heavy atom. The molecule has 0 saturated carbocycles. The number of nitriles is 2. The smallest absolute Gasteiger partial charge is 0.310 e. The van der Waals surface area contributed by atoms with Gasteiger partial charge in [-0.2, -0.15) is 10.5 Å². The van der Waals surface area contributed by atoms with Crippen LogP contribution < -0.4 is 10.1 Å². The summed E-state index contributed by atoms with van der Waals surface area (Å²) in [5.41, 5.74) is -2.02. The number of halogens is 6. The van der Waals surface area contributed by atoms with Crippen molar-refractivity contribution in [3.63, 3.8) is 0 Å². The van der Waals surface area contributed by atoms with Crippen molar-refractivity contribution in [2.45, 2.75) is 17.4 Å². The minimum absolute atomic E-state index is 0.0115. The predicted octanol–water partition coefficient (Wildman–Crippen LogP) is 5.96. The SMILES string of the molecule is CC(C#N)(COc1cccc(Cl)c1C#N)NC(=O)c1ccc(S(F)(F)(F)(F)F)cc1. The summed E-state index contributed by atoms with van der Waals surface area (Å²) in [6, 6.07) is 9.34. The predicted molar refractivity (Wildman–Crippen MR) is 101 cm³/mol. The number of nitrogens with zero attached hydrogens (tertiary/aromatic N) is 2. The molecule has 0 aromatic heterocycles. The van der Waals surface area contributed by atoms with Crippen LogP contribution in [0.2, 0.25) is 5.02 Å². The first-order valence-corrected chi connectivity index (χ1v) is 10.3. The highest BCUT2D eigenvalue weighted by Gasteiger charge is 2.65. The number of carbonyl (C=O) groups excluding carboxylic acids is 1. The van der Waals surface area contributed by atoms with Gasteiger partial charge in [0.15, 0.2) is 5.54 Å². The highest BCUT2D eigenvalue weighted by molar-refractivity contribution is 8.45. The molecule has 2 aromatic rings. The average Bonchev–Trinajstić information content (AvgIpc) is 2.64. The molecular weight excluding hydrogens is 453 g/mol. The van der Waals surface area contributed by atoms with Crippen molar-refractivity contribution < 1.29 is 29.0 Å². The molecule has 1 N–H and O–H groups in total. The summed E-state index contributed by atoms with van der Waals surface area (Å²) in [6.45, 7) is 0.832. The molecule has 0 aliphatic rings. The van der Waals surface area contributed by atoms with Crippen molar-refractivity contribution in [3.05, 3.63) is 58.6 Å². The molecule has 0 aliphatic carbocycles. The van der Waals surface area contributed by atoms with Gasteiger partial charge in [0.25, 0.3) is 5.91 Å². The second-order valence-corrected chi connectivity index (χ2v) is 9.22. The Morgan fingerprint density at radius 3 is 2.23 bits per heavy atom. The number of hydrogen-bond acceptors (Lipinski definition) is 4. The van der Waals surface area contributed by atoms with Crippen LogP contribution in [0.15, 0.2) is 47.4 Å². The van der Waals surface area contributed by atoms with Crippen LogP contribution in [0.3, 0.4) is 0 Å². The Kier molecular flexibility index (Phi) is 5.46. The first-order valence-electron chi connectivity index (χ1n) is 7.98. The molecule has 160 valence electrons. The average molecular weight is 466 g/mol. The normalized spacial score (nSPS) is 15.5. The first-order chi connectivity index (χ1) is 13.6. The van der Waals surface area contributed by atoms with E-state index in [0.29, 0.717) is 12.1 Å². The first kappa shape index (κ1) is 23.3. The fraction of sp³-hybridized carbons (Fsp3) is 0.167. The minimum Gasteiger partial charge on any atom is -0.489 e. The summed E-state index contributed by atoms with van der Waals surface area (Å²) < 4.78 is 69.2. The number of nitrogens with one attached hydrogen (secondary N) is 1. The van der Waals surface area contributed by atoms with Crippen molar-refractivity contribution in [1.29, 1.82) is 10.5 Å². The molecule has 1 atom stereocenters. The van der Waals surface area contributed by atoms with Gasteiger partial charge in [-0.1, -0.05) is 37.1 Å². The van der Waals surface area contributed by atoms with Crippen LogP contribution in [-0.4, -0.2) is 18.1 Å². The second kappa shape index (κ2) is 7.04. The number of benzene rings is 2. The standard InChI is InChI=1S/C18H13ClF5N3O2S/c1-18(10-26,11-29-16-4-2-3-15(19)14(16)9-25)27-17(28)12-5-7-13(8-6-12)30(20,21,22,23)24/h2-8H,11H2,1H3,(H,27,28). The molecule has 12 heteroatoms. The number of amides is 1. The molecule has 0 aliphatic heterocycles. The lowest BCUT2D eigenvalue weighted by atomic mass is 10.0. The summed E-state index contributed by atoms with van der Waals surface area (Å²) in [5.74, 6) is -0.927. The number of rotatable bonds is 6. The van der Waals surface area contributed by atoms with E-state index in [-0.39, 0.29) is 34.0 Å².